The van der Waals surface area contributed by atoms with Gasteiger partial charge in [-0.15, -0.1) is 11.8 Å². The summed E-state index contributed by atoms with van der Waals surface area (Å²) in [7, 11) is 0. The Kier molecular flexibility index (Phi) is 4.13. The van der Waals surface area contributed by atoms with Gasteiger partial charge in [-0.2, -0.15) is 0 Å². The van der Waals surface area contributed by atoms with Crippen molar-refractivity contribution in [1.82, 2.24) is 0 Å². The second-order valence-electron chi connectivity index (χ2n) is 5.74. The Morgan fingerprint density at radius 3 is 2.10 bits per heavy atom. The summed E-state index contributed by atoms with van der Waals surface area (Å²) in [6, 6.07) is 19.5. The van der Waals surface area contributed by atoms with Crippen molar-refractivity contribution in [3.8, 4) is 0 Å². The van der Waals surface area contributed by atoms with Gasteiger partial charge >= 0.3 is 0 Å². The molecule has 0 radical (unpaired) electrons. The molecule has 0 saturated carbocycles. The van der Waals surface area contributed by atoms with E-state index in [9.17, 15) is 0 Å². The lowest BCUT2D eigenvalue weighted by Gasteiger charge is -2.27. The van der Waals surface area contributed by atoms with Crippen LogP contribution in [0.3, 0.4) is 0 Å². The summed E-state index contributed by atoms with van der Waals surface area (Å²) < 4.78 is 0. The second kappa shape index (κ2) is 6.02. The molecule has 0 aliphatic heterocycles. The second-order valence-corrected chi connectivity index (χ2v) is 6.91. The van der Waals surface area contributed by atoms with Crippen LogP contribution in [0.5, 0.6) is 0 Å². The number of fused-ring (bicyclic) bond motifs is 1. The van der Waals surface area contributed by atoms with Crippen LogP contribution in [0.15, 0.2) is 59.5 Å². The Morgan fingerprint density at radius 2 is 1.50 bits per heavy atom. The predicted octanol–water partition coefficient (Wildman–Crippen LogP) is 3.91. The normalized spacial score (nSPS) is 16.1. The molecule has 20 heavy (non-hydrogen) atoms. The lowest BCUT2D eigenvalue weighted by atomic mass is 9.82. The van der Waals surface area contributed by atoms with Crippen LogP contribution in [0.25, 0.3) is 0 Å². The van der Waals surface area contributed by atoms with Gasteiger partial charge in [0.15, 0.2) is 0 Å². The summed E-state index contributed by atoms with van der Waals surface area (Å²) in [5.74, 6) is 1.15. The quantitative estimate of drug-likeness (QED) is 0.842. The molecule has 2 aromatic carbocycles. The fourth-order valence-electron chi connectivity index (χ4n) is 3.10. The Labute approximate surface area is 125 Å². The van der Waals surface area contributed by atoms with Crippen molar-refractivity contribution in [1.29, 1.82) is 0 Å². The van der Waals surface area contributed by atoms with Crippen molar-refractivity contribution >= 4 is 11.8 Å². The standard InChI is InChI=1S/C18H21NS/c19-14-18(10-11-20-17-8-2-1-3-9-17)12-15-6-4-5-7-16(15)13-18/h1-9H,10-14,19H2. The van der Waals surface area contributed by atoms with Crippen molar-refractivity contribution in [2.45, 2.75) is 24.2 Å². The fourth-order valence-corrected chi connectivity index (χ4v) is 4.22. The molecule has 2 N–H and O–H groups in total. The summed E-state index contributed by atoms with van der Waals surface area (Å²) in [5.41, 5.74) is 9.41. The van der Waals surface area contributed by atoms with Gasteiger partial charge in [0.1, 0.15) is 0 Å². The number of benzene rings is 2. The SMILES string of the molecule is NCC1(CCSc2ccccc2)Cc2ccccc2C1. The molecule has 0 heterocycles. The van der Waals surface area contributed by atoms with Gasteiger partial charge in [-0.05, 0) is 60.2 Å². The van der Waals surface area contributed by atoms with Gasteiger partial charge < -0.3 is 5.73 Å². The van der Waals surface area contributed by atoms with E-state index in [1.165, 1.54) is 22.4 Å². The molecule has 1 aliphatic carbocycles. The minimum Gasteiger partial charge on any atom is -0.330 e. The molecule has 1 aliphatic rings. The maximum atomic E-state index is 6.12. The van der Waals surface area contributed by atoms with Crippen LogP contribution in [0, 0.1) is 5.41 Å². The molecule has 3 rings (SSSR count). The number of nitrogens with two attached hydrogens (primary N) is 1. The van der Waals surface area contributed by atoms with Crippen molar-refractivity contribution in [2.75, 3.05) is 12.3 Å². The average Bonchev–Trinajstić information content (AvgIpc) is 2.87. The molecule has 2 aromatic rings. The van der Waals surface area contributed by atoms with Gasteiger partial charge in [-0.25, -0.2) is 0 Å². The van der Waals surface area contributed by atoms with Crippen LogP contribution >= 0.6 is 11.8 Å². The molecule has 0 spiro atoms. The minimum absolute atomic E-state index is 0.283. The van der Waals surface area contributed by atoms with Gasteiger partial charge in [-0.3, -0.25) is 0 Å². The maximum absolute atomic E-state index is 6.12. The smallest absolute Gasteiger partial charge is 0.00719 e. The minimum atomic E-state index is 0.283. The monoisotopic (exact) mass is 283 g/mol. The topological polar surface area (TPSA) is 26.0 Å². The number of hydrogen-bond donors (Lipinski definition) is 1. The van der Waals surface area contributed by atoms with Gasteiger partial charge in [0.25, 0.3) is 0 Å². The zero-order valence-corrected chi connectivity index (χ0v) is 12.5. The molecule has 1 nitrogen and oxygen atoms in total. The van der Waals surface area contributed by atoms with Crippen LogP contribution in [-0.2, 0) is 12.8 Å². The van der Waals surface area contributed by atoms with E-state index in [2.05, 4.69) is 54.6 Å². The molecule has 0 unspecified atom stereocenters. The molecule has 0 bridgehead atoms. The summed E-state index contributed by atoms with van der Waals surface area (Å²) >= 11 is 1.94. The van der Waals surface area contributed by atoms with E-state index < -0.39 is 0 Å². The van der Waals surface area contributed by atoms with Crippen molar-refractivity contribution in [3.05, 3.63) is 65.7 Å². The zero-order chi connectivity index (χ0) is 13.8. The lowest BCUT2D eigenvalue weighted by Crippen LogP contribution is -2.32. The van der Waals surface area contributed by atoms with Gasteiger partial charge in [0.2, 0.25) is 0 Å². The third-order valence-electron chi connectivity index (χ3n) is 4.33. The lowest BCUT2D eigenvalue weighted by molar-refractivity contribution is 0.307. The number of rotatable bonds is 5. The zero-order valence-electron chi connectivity index (χ0n) is 11.7. The van der Waals surface area contributed by atoms with Gasteiger partial charge in [0, 0.05) is 4.90 Å². The Morgan fingerprint density at radius 1 is 0.900 bits per heavy atom. The van der Waals surface area contributed by atoms with E-state index in [1.54, 1.807) is 0 Å². The summed E-state index contributed by atoms with van der Waals surface area (Å²) in [6.07, 6.45) is 3.49. The first-order chi connectivity index (χ1) is 9.81. The highest BCUT2D eigenvalue weighted by Gasteiger charge is 2.35. The van der Waals surface area contributed by atoms with Crippen LogP contribution < -0.4 is 5.73 Å². The Bertz CT molecular complexity index is 540. The highest BCUT2D eigenvalue weighted by Crippen LogP contribution is 2.40. The third-order valence-corrected chi connectivity index (χ3v) is 5.34. The molecule has 0 fully saturated rings. The highest BCUT2D eigenvalue weighted by atomic mass is 32.2. The first-order valence-electron chi connectivity index (χ1n) is 7.26. The summed E-state index contributed by atoms with van der Waals surface area (Å²) in [6.45, 7) is 0.789. The molecule has 0 amide bonds. The summed E-state index contributed by atoms with van der Waals surface area (Å²) in [5, 5.41) is 0. The van der Waals surface area contributed by atoms with Crippen molar-refractivity contribution in [3.63, 3.8) is 0 Å². The predicted molar refractivity (Wildman–Crippen MR) is 87.1 cm³/mol. The molecular formula is C18H21NS. The van der Waals surface area contributed by atoms with E-state index >= 15 is 0 Å². The third kappa shape index (κ3) is 2.92. The first kappa shape index (κ1) is 13.7. The Hall–Kier alpha value is -1.25. The van der Waals surface area contributed by atoms with Crippen molar-refractivity contribution < 1.29 is 0 Å². The van der Waals surface area contributed by atoms with Gasteiger partial charge in [0.05, 0.1) is 0 Å². The van der Waals surface area contributed by atoms with E-state index in [0.29, 0.717) is 0 Å². The average molecular weight is 283 g/mol. The molecule has 0 atom stereocenters. The van der Waals surface area contributed by atoms with Crippen LogP contribution in [0.1, 0.15) is 17.5 Å². The largest absolute Gasteiger partial charge is 0.330 e. The fraction of sp³-hybridized carbons (Fsp3) is 0.333. The van der Waals surface area contributed by atoms with E-state index in [1.807, 2.05) is 11.8 Å². The number of thioether (sulfide) groups is 1. The van der Waals surface area contributed by atoms with E-state index in [4.69, 9.17) is 5.73 Å². The van der Waals surface area contributed by atoms with E-state index in [0.717, 1.165) is 25.1 Å². The molecule has 2 heteroatoms. The summed E-state index contributed by atoms with van der Waals surface area (Å²) in [4.78, 5) is 1.36. The van der Waals surface area contributed by atoms with E-state index in [-0.39, 0.29) is 5.41 Å². The molecular weight excluding hydrogens is 262 g/mol. The van der Waals surface area contributed by atoms with Crippen LogP contribution in [0.4, 0.5) is 0 Å². The molecule has 0 aromatic heterocycles. The van der Waals surface area contributed by atoms with Crippen LogP contribution in [0.2, 0.25) is 0 Å². The number of hydrogen-bond acceptors (Lipinski definition) is 2. The van der Waals surface area contributed by atoms with Gasteiger partial charge in [-0.1, -0.05) is 42.5 Å². The molecule has 0 saturated heterocycles. The maximum Gasteiger partial charge on any atom is 0.00719 e. The highest BCUT2D eigenvalue weighted by molar-refractivity contribution is 7.99. The van der Waals surface area contributed by atoms with Crippen LogP contribution in [-0.4, -0.2) is 12.3 Å². The molecule has 104 valence electrons. The Balaban J connectivity index is 1.61. The first-order valence-corrected chi connectivity index (χ1v) is 8.25. The van der Waals surface area contributed by atoms with Crippen molar-refractivity contribution in [2.24, 2.45) is 11.1 Å².